The first-order valence-electron chi connectivity index (χ1n) is 6.03. The van der Waals surface area contributed by atoms with Crippen molar-refractivity contribution in [3.63, 3.8) is 0 Å². The second-order valence-corrected chi connectivity index (χ2v) is 5.08. The quantitative estimate of drug-likeness (QED) is 0.839. The number of aromatic nitrogens is 2. The predicted octanol–water partition coefficient (Wildman–Crippen LogP) is 0.682. The maximum atomic E-state index is 12.2. The van der Waals surface area contributed by atoms with E-state index in [0.29, 0.717) is 18.7 Å². The third-order valence-electron chi connectivity index (χ3n) is 3.29. The van der Waals surface area contributed by atoms with E-state index in [-0.39, 0.29) is 11.4 Å². The lowest BCUT2D eigenvalue weighted by atomic mass is 9.86. The molecule has 0 aliphatic carbocycles. The molecule has 0 radical (unpaired) electrons. The fraction of sp³-hybridized carbons (Fsp3) is 0.667. The number of rotatable bonds is 3. The van der Waals surface area contributed by atoms with Crippen LogP contribution in [0.1, 0.15) is 35.8 Å². The number of aryl methyl sites for hydroxylation is 2. The first-order valence-corrected chi connectivity index (χ1v) is 6.03. The lowest BCUT2D eigenvalue weighted by Crippen LogP contribution is -2.68. The number of nitrogens with zero attached hydrogens (tertiary/aromatic N) is 3. The van der Waals surface area contributed by atoms with E-state index in [1.54, 1.807) is 15.8 Å². The SMILES string of the molecule is CCCC1(N)CN(C(=O)c2cn(C)nc2C)C1. The lowest BCUT2D eigenvalue weighted by molar-refractivity contribution is 0.0386. The Hall–Kier alpha value is -1.36. The van der Waals surface area contributed by atoms with E-state index in [0.717, 1.165) is 18.5 Å². The van der Waals surface area contributed by atoms with Crippen LogP contribution in [0.15, 0.2) is 6.20 Å². The van der Waals surface area contributed by atoms with Gasteiger partial charge < -0.3 is 10.6 Å². The van der Waals surface area contributed by atoms with E-state index < -0.39 is 0 Å². The molecule has 5 nitrogen and oxygen atoms in total. The minimum absolute atomic E-state index is 0.0489. The van der Waals surface area contributed by atoms with E-state index in [2.05, 4.69) is 12.0 Å². The van der Waals surface area contributed by atoms with Crippen molar-refractivity contribution < 1.29 is 4.79 Å². The fourth-order valence-electron chi connectivity index (χ4n) is 2.49. The summed E-state index contributed by atoms with van der Waals surface area (Å²) in [7, 11) is 1.82. The van der Waals surface area contributed by atoms with Crippen LogP contribution in [0, 0.1) is 6.92 Å². The molecule has 1 amide bonds. The Morgan fingerprint density at radius 2 is 2.24 bits per heavy atom. The van der Waals surface area contributed by atoms with E-state index in [9.17, 15) is 4.79 Å². The number of hydrogen-bond donors (Lipinski definition) is 1. The van der Waals surface area contributed by atoms with Crippen molar-refractivity contribution in [2.45, 2.75) is 32.2 Å². The van der Waals surface area contributed by atoms with Gasteiger partial charge in [-0.15, -0.1) is 0 Å². The van der Waals surface area contributed by atoms with Crippen molar-refractivity contribution >= 4 is 5.91 Å². The van der Waals surface area contributed by atoms with Crippen molar-refractivity contribution in [1.29, 1.82) is 0 Å². The number of hydrogen-bond acceptors (Lipinski definition) is 3. The second-order valence-electron chi connectivity index (χ2n) is 5.08. The van der Waals surface area contributed by atoms with Gasteiger partial charge in [0.2, 0.25) is 0 Å². The molecule has 0 aromatic carbocycles. The molecule has 5 heteroatoms. The summed E-state index contributed by atoms with van der Waals surface area (Å²) in [5.41, 5.74) is 7.45. The molecule has 0 atom stereocenters. The molecule has 1 aliphatic heterocycles. The summed E-state index contributed by atoms with van der Waals surface area (Å²) in [5.74, 6) is 0.0489. The van der Waals surface area contributed by atoms with Gasteiger partial charge in [-0.25, -0.2) is 0 Å². The summed E-state index contributed by atoms with van der Waals surface area (Å²) in [5, 5.41) is 4.18. The third-order valence-corrected chi connectivity index (χ3v) is 3.29. The van der Waals surface area contributed by atoms with E-state index in [1.807, 2.05) is 14.0 Å². The van der Waals surface area contributed by atoms with Crippen molar-refractivity contribution in [2.75, 3.05) is 13.1 Å². The highest BCUT2D eigenvalue weighted by molar-refractivity contribution is 5.95. The van der Waals surface area contributed by atoms with Gasteiger partial charge in [-0.05, 0) is 13.3 Å². The molecule has 94 valence electrons. The van der Waals surface area contributed by atoms with Crippen molar-refractivity contribution in [2.24, 2.45) is 12.8 Å². The summed E-state index contributed by atoms with van der Waals surface area (Å²) in [6.45, 7) is 5.29. The molecule has 1 fully saturated rings. The Morgan fingerprint density at radius 3 is 2.71 bits per heavy atom. The summed E-state index contributed by atoms with van der Waals surface area (Å²) in [6, 6.07) is 0. The lowest BCUT2D eigenvalue weighted by Gasteiger charge is -2.47. The maximum absolute atomic E-state index is 12.2. The van der Waals surface area contributed by atoms with E-state index >= 15 is 0 Å². The van der Waals surface area contributed by atoms with Crippen LogP contribution in [0.3, 0.4) is 0 Å². The average Bonchev–Trinajstić information content (AvgIpc) is 2.53. The molecule has 1 aromatic rings. The van der Waals surface area contributed by atoms with Crippen LogP contribution < -0.4 is 5.73 Å². The highest BCUT2D eigenvalue weighted by Crippen LogP contribution is 2.25. The van der Waals surface area contributed by atoms with Crippen LogP contribution in [0.25, 0.3) is 0 Å². The number of amides is 1. The second kappa shape index (κ2) is 4.14. The number of likely N-dealkylation sites (tertiary alicyclic amines) is 1. The monoisotopic (exact) mass is 236 g/mol. The van der Waals surface area contributed by atoms with Gasteiger partial charge in [-0.2, -0.15) is 5.10 Å². The van der Waals surface area contributed by atoms with Gasteiger partial charge in [-0.1, -0.05) is 13.3 Å². The first-order chi connectivity index (χ1) is 7.95. The van der Waals surface area contributed by atoms with Crippen LogP contribution in [0.5, 0.6) is 0 Å². The van der Waals surface area contributed by atoms with Gasteiger partial charge in [0.05, 0.1) is 16.8 Å². The summed E-state index contributed by atoms with van der Waals surface area (Å²) >= 11 is 0. The summed E-state index contributed by atoms with van der Waals surface area (Å²) < 4.78 is 1.67. The Bertz CT molecular complexity index is 432. The van der Waals surface area contributed by atoms with Gasteiger partial charge in [0.25, 0.3) is 5.91 Å². The van der Waals surface area contributed by atoms with Gasteiger partial charge in [0.15, 0.2) is 0 Å². The molecule has 1 aliphatic rings. The van der Waals surface area contributed by atoms with Crippen LogP contribution >= 0.6 is 0 Å². The predicted molar refractivity (Wildman–Crippen MR) is 65.7 cm³/mol. The fourth-order valence-corrected chi connectivity index (χ4v) is 2.49. The highest BCUT2D eigenvalue weighted by Gasteiger charge is 2.41. The standard InChI is InChI=1S/C12H20N4O/c1-4-5-12(13)7-16(8-12)11(17)10-6-15(3)14-9(10)2/h6H,4-5,7-8,13H2,1-3H3. The molecular weight excluding hydrogens is 216 g/mol. The van der Waals surface area contributed by atoms with Gasteiger partial charge in [0.1, 0.15) is 0 Å². The van der Waals surface area contributed by atoms with Crippen LogP contribution in [-0.2, 0) is 7.05 Å². The van der Waals surface area contributed by atoms with Crippen LogP contribution in [0.2, 0.25) is 0 Å². The van der Waals surface area contributed by atoms with Gasteiger partial charge in [0, 0.05) is 26.3 Å². The van der Waals surface area contributed by atoms with Crippen molar-refractivity contribution in [1.82, 2.24) is 14.7 Å². The molecule has 0 spiro atoms. The number of carbonyl (C=O) groups excluding carboxylic acids is 1. The minimum atomic E-state index is -0.166. The summed E-state index contributed by atoms with van der Waals surface area (Å²) in [6.07, 6.45) is 3.81. The summed E-state index contributed by atoms with van der Waals surface area (Å²) in [4.78, 5) is 14.0. The molecule has 17 heavy (non-hydrogen) atoms. The third kappa shape index (κ3) is 2.20. The Balaban J connectivity index is 2.02. The molecule has 0 bridgehead atoms. The number of carbonyl (C=O) groups is 1. The Kier molecular flexibility index (Phi) is 2.95. The molecule has 0 unspecified atom stereocenters. The van der Waals surface area contributed by atoms with Crippen molar-refractivity contribution in [3.05, 3.63) is 17.5 Å². The normalized spacial score (nSPS) is 18.0. The zero-order chi connectivity index (χ0) is 12.6. The smallest absolute Gasteiger partial charge is 0.257 e. The molecule has 1 saturated heterocycles. The maximum Gasteiger partial charge on any atom is 0.257 e. The molecule has 2 rings (SSSR count). The Morgan fingerprint density at radius 1 is 1.59 bits per heavy atom. The van der Waals surface area contributed by atoms with E-state index in [4.69, 9.17) is 5.73 Å². The minimum Gasteiger partial charge on any atom is -0.335 e. The largest absolute Gasteiger partial charge is 0.335 e. The van der Waals surface area contributed by atoms with E-state index in [1.165, 1.54) is 0 Å². The first kappa shape index (κ1) is 12.1. The molecule has 1 aromatic heterocycles. The molecule has 2 heterocycles. The van der Waals surface area contributed by atoms with Crippen molar-refractivity contribution in [3.8, 4) is 0 Å². The molecule has 0 saturated carbocycles. The molecular formula is C12H20N4O. The van der Waals surface area contributed by atoms with Gasteiger partial charge in [-0.3, -0.25) is 9.48 Å². The molecule has 2 N–H and O–H groups in total. The van der Waals surface area contributed by atoms with Crippen LogP contribution in [0.4, 0.5) is 0 Å². The zero-order valence-corrected chi connectivity index (χ0v) is 10.7. The highest BCUT2D eigenvalue weighted by atomic mass is 16.2. The number of nitrogens with two attached hydrogens (primary N) is 1. The average molecular weight is 236 g/mol. The topological polar surface area (TPSA) is 64.2 Å². The van der Waals surface area contributed by atoms with Crippen LogP contribution in [-0.4, -0.2) is 39.2 Å². The van der Waals surface area contributed by atoms with Gasteiger partial charge >= 0.3 is 0 Å². The zero-order valence-electron chi connectivity index (χ0n) is 10.7. The Labute approximate surface area is 102 Å².